The van der Waals surface area contributed by atoms with Crippen LogP contribution < -0.4 is 16.6 Å². The van der Waals surface area contributed by atoms with E-state index in [0.29, 0.717) is 21.6 Å². The Hall–Kier alpha value is -3.52. The van der Waals surface area contributed by atoms with Crippen molar-refractivity contribution in [2.24, 2.45) is 0 Å². The number of benzene rings is 2. The minimum absolute atomic E-state index is 0.283. The van der Waals surface area contributed by atoms with Gasteiger partial charge in [0.1, 0.15) is 17.1 Å². The molecular formula is C22H18FN3O3S. The number of carbonyl (C=O) groups excluding carboxylic acids is 1. The van der Waals surface area contributed by atoms with Crippen LogP contribution in [0.25, 0.3) is 15.9 Å². The lowest BCUT2D eigenvalue weighted by atomic mass is 10.1. The minimum Gasteiger partial charge on any atom is -0.325 e. The molecule has 4 rings (SSSR count). The predicted molar refractivity (Wildman–Crippen MR) is 116 cm³/mol. The lowest BCUT2D eigenvalue weighted by Crippen LogP contribution is -2.40. The van der Waals surface area contributed by atoms with Crippen LogP contribution in [0.1, 0.15) is 11.1 Å². The SMILES string of the molecule is Cc1ccc(C)c(-n2c(=O)c3sccc3n(CC(=O)Nc3ccc(F)cc3)c2=O)c1. The molecule has 0 atom stereocenters. The summed E-state index contributed by atoms with van der Waals surface area (Å²) in [6.45, 7) is 3.42. The van der Waals surface area contributed by atoms with Gasteiger partial charge in [-0.25, -0.2) is 13.8 Å². The van der Waals surface area contributed by atoms with Crippen molar-refractivity contribution in [3.05, 3.63) is 91.7 Å². The van der Waals surface area contributed by atoms with E-state index in [1.54, 1.807) is 17.5 Å². The largest absolute Gasteiger partial charge is 0.336 e. The van der Waals surface area contributed by atoms with Crippen molar-refractivity contribution >= 4 is 33.1 Å². The molecule has 0 unspecified atom stereocenters. The number of aryl methyl sites for hydroxylation is 2. The number of nitrogens with one attached hydrogen (secondary N) is 1. The topological polar surface area (TPSA) is 73.1 Å². The number of amides is 1. The minimum atomic E-state index is -0.589. The molecular weight excluding hydrogens is 405 g/mol. The molecule has 1 amide bonds. The lowest BCUT2D eigenvalue weighted by molar-refractivity contribution is -0.116. The van der Waals surface area contributed by atoms with Crippen molar-refractivity contribution in [2.75, 3.05) is 5.32 Å². The Morgan fingerprint density at radius 3 is 2.53 bits per heavy atom. The highest BCUT2D eigenvalue weighted by Gasteiger charge is 2.18. The molecule has 0 spiro atoms. The number of fused-ring (bicyclic) bond motifs is 1. The van der Waals surface area contributed by atoms with E-state index in [1.807, 2.05) is 26.0 Å². The molecule has 0 bridgehead atoms. The molecule has 0 aliphatic rings. The van der Waals surface area contributed by atoms with E-state index in [9.17, 15) is 18.8 Å². The number of nitrogens with zero attached hydrogens (tertiary/aromatic N) is 2. The van der Waals surface area contributed by atoms with E-state index in [2.05, 4.69) is 5.32 Å². The fourth-order valence-electron chi connectivity index (χ4n) is 3.29. The Kier molecular flexibility index (Phi) is 5.09. The zero-order chi connectivity index (χ0) is 21.4. The molecule has 0 fully saturated rings. The Morgan fingerprint density at radius 2 is 1.80 bits per heavy atom. The summed E-state index contributed by atoms with van der Waals surface area (Å²) in [6.07, 6.45) is 0. The molecule has 2 heterocycles. The van der Waals surface area contributed by atoms with Gasteiger partial charge >= 0.3 is 5.69 Å². The van der Waals surface area contributed by atoms with Crippen LogP contribution in [0.3, 0.4) is 0 Å². The Labute approximate surface area is 174 Å². The average molecular weight is 423 g/mol. The zero-order valence-corrected chi connectivity index (χ0v) is 17.1. The van der Waals surface area contributed by atoms with Gasteiger partial charge in [-0.15, -0.1) is 11.3 Å². The summed E-state index contributed by atoms with van der Waals surface area (Å²) in [5.74, 6) is -0.868. The van der Waals surface area contributed by atoms with E-state index in [4.69, 9.17) is 0 Å². The second-order valence-corrected chi connectivity index (χ2v) is 7.91. The first-order valence-electron chi connectivity index (χ1n) is 9.21. The molecule has 152 valence electrons. The van der Waals surface area contributed by atoms with Crippen LogP contribution in [0, 0.1) is 19.7 Å². The van der Waals surface area contributed by atoms with Crippen LogP contribution in [0.4, 0.5) is 10.1 Å². The highest BCUT2D eigenvalue weighted by atomic mass is 32.1. The Morgan fingerprint density at radius 1 is 1.07 bits per heavy atom. The van der Waals surface area contributed by atoms with E-state index in [-0.39, 0.29) is 6.54 Å². The second-order valence-electron chi connectivity index (χ2n) is 6.99. The van der Waals surface area contributed by atoms with Crippen LogP contribution in [-0.4, -0.2) is 15.0 Å². The summed E-state index contributed by atoms with van der Waals surface area (Å²) < 4.78 is 15.9. The van der Waals surface area contributed by atoms with Gasteiger partial charge in [-0.05, 0) is 66.8 Å². The van der Waals surface area contributed by atoms with Gasteiger partial charge in [0.15, 0.2) is 0 Å². The molecule has 0 radical (unpaired) electrons. The molecule has 0 saturated carbocycles. The number of hydrogen-bond acceptors (Lipinski definition) is 4. The summed E-state index contributed by atoms with van der Waals surface area (Å²) in [7, 11) is 0. The molecule has 2 aromatic heterocycles. The van der Waals surface area contributed by atoms with Gasteiger partial charge in [-0.3, -0.25) is 14.2 Å². The molecule has 0 aliphatic carbocycles. The first-order chi connectivity index (χ1) is 14.3. The molecule has 30 heavy (non-hydrogen) atoms. The maximum atomic E-state index is 13.3. The number of rotatable bonds is 4. The molecule has 4 aromatic rings. The summed E-state index contributed by atoms with van der Waals surface area (Å²) in [5.41, 5.74) is 2.01. The van der Waals surface area contributed by atoms with Gasteiger partial charge in [0.25, 0.3) is 5.56 Å². The Bertz CT molecular complexity index is 1380. The number of hydrogen-bond donors (Lipinski definition) is 1. The normalized spacial score (nSPS) is 11.0. The molecule has 2 aromatic carbocycles. The average Bonchev–Trinajstić information content (AvgIpc) is 3.20. The summed E-state index contributed by atoms with van der Waals surface area (Å²) in [4.78, 5) is 38.9. The van der Waals surface area contributed by atoms with Gasteiger partial charge in [0.05, 0.1) is 11.2 Å². The van der Waals surface area contributed by atoms with Gasteiger partial charge in [-0.1, -0.05) is 12.1 Å². The standard InChI is InChI=1S/C22H18FN3O3S/c1-13-3-4-14(2)18(11-13)26-21(28)20-17(9-10-30-20)25(22(26)29)12-19(27)24-16-7-5-15(23)6-8-16/h3-11H,12H2,1-2H3,(H,24,27). The summed E-state index contributed by atoms with van der Waals surface area (Å²) in [6, 6.07) is 12.5. The quantitative estimate of drug-likeness (QED) is 0.545. The van der Waals surface area contributed by atoms with Crippen molar-refractivity contribution in [2.45, 2.75) is 20.4 Å². The lowest BCUT2D eigenvalue weighted by Gasteiger charge is -2.14. The highest BCUT2D eigenvalue weighted by Crippen LogP contribution is 2.19. The molecule has 1 N–H and O–H groups in total. The Balaban J connectivity index is 1.82. The van der Waals surface area contributed by atoms with Gasteiger partial charge < -0.3 is 5.32 Å². The smallest absolute Gasteiger partial charge is 0.325 e. The van der Waals surface area contributed by atoms with Crippen molar-refractivity contribution in [3.8, 4) is 5.69 Å². The van der Waals surface area contributed by atoms with Crippen molar-refractivity contribution in [1.82, 2.24) is 9.13 Å². The maximum absolute atomic E-state index is 13.3. The van der Waals surface area contributed by atoms with Gasteiger partial charge in [0, 0.05) is 5.69 Å². The predicted octanol–water partition coefficient (Wildman–Crippen LogP) is 3.61. The first kappa shape index (κ1) is 19.8. The second kappa shape index (κ2) is 7.72. The van der Waals surface area contributed by atoms with Gasteiger partial charge in [-0.2, -0.15) is 0 Å². The molecule has 0 aliphatic heterocycles. The van der Waals surface area contributed by atoms with Crippen molar-refractivity contribution < 1.29 is 9.18 Å². The van der Waals surface area contributed by atoms with Crippen LogP contribution in [0.15, 0.2) is 63.5 Å². The van der Waals surface area contributed by atoms with E-state index < -0.39 is 23.0 Å². The number of thiophene rings is 1. The van der Waals surface area contributed by atoms with Crippen LogP contribution >= 0.6 is 11.3 Å². The van der Waals surface area contributed by atoms with Crippen molar-refractivity contribution in [1.29, 1.82) is 0 Å². The van der Waals surface area contributed by atoms with Gasteiger partial charge in [0.2, 0.25) is 5.91 Å². The monoisotopic (exact) mass is 423 g/mol. The summed E-state index contributed by atoms with van der Waals surface area (Å²) in [5, 5.41) is 4.36. The third-order valence-electron chi connectivity index (χ3n) is 4.79. The zero-order valence-electron chi connectivity index (χ0n) is 16.3. The number of carbonyl (C=O) groups is 1. The van der Waals surface area contributed by atoms with E-state index >= 15 is 0 Å². The number of halogens is 1. The third kappa shape index (κ3) is 3.57. The molecule has 6 nitrogen and oxygen atoms in total. The fraction of sp³-hybridized carbons (Fsp3) is 0.136. The third-order valence-corrected chi connectivity index (χ3v) is 5.68. The van der Waals surface area contributed by atoms with E-state index in [0.717, 1.165) is 15.7 Å². The van der Waals surface area contributed by atoms with Crippen LogP contribution in [0.2, 0.25) is 0 Å². The fourth-order valence-corrected chi connectivity index (χ4v) is 4.11. The number of anilines is 1. The van der Waals surface area contributed by atoms with Crippen LogP contribution in [0.5, 0.6) is 0 Å². The maximum Gasteiger partial charge on any atom is 0.336 e. The number of aromatic nitrogens is 2. The van der Waals surface area contributed by atoms with Crippen molar-refractivity contribution in [3.63, 3.8) is 0 Å². The highest BCUT2D eigenvalue weighted by molar-refractivity contribution is 7.17. The van der Waals surface area contributed by atoms with Crippen LogP contribution in [-0.2, 0) is 11.3 Å². The summed E-state index contributed by atoms with van der Waals surface area (Å²) >= 11 is 1.22. The van der Waals surface area contributed by atoms with E-state index in [1.165, 1.54) is 40.2 Å². The molecule has 8 heteroatoms. The first-order valence-corrected chi connectivity index (χ1v) is 10.1. The molecule has 0 saturated heterocycles.